The number of hydrogen-bond donors (Lipinski definition) is 2. The third-order valence-electron chi connectivity index (χ3n) is 11.1. The molecule has 68 heavy (non-hydrogen) atoms. The first kappa shape index (κ1) is 52.9. The number of carboxylic acids is 1. The fraction of sp³-hybridized carbons (Fsp3) is 0.511. The Hall–Kier alpha value is -6.03. The van der Waals surface area contributed by atoms with Gasteiger partial charge in [0.15, 0.2) is 5.78 Å². The van der Waals surface area contributed by atoms with Crippen LogP contribution in [0.4, 0.5) is 35.9 Å². The standard InChI is InChI=1S/C23H25F3N4O3.C11H9F3N4.C11H17NO4.ClH/c1-22(2,3)33-21(32)30-17-8-14(17)9-18(30)19(31)6-5-15-10-16(29-12-28-15)13-4-7-20(27-11-13)23(24,25)26;12-11(13,14)10-2-1-7(5-16-10)9-3-8(4-15)17-6-18-9;1-11(2,3)16-10(15)12-7-4-6(7)5-8(12)9(13)14;/h4,7,10-12,14,17-18H,5-6,8-9H2,1-3H3;1-3,5-6H,4,15H2;6-8H,4-5H2,1-3H3,(H,13,14);1H/t14-,17-,18+;;6-,7-,8+;/m1.1./s1. The number of rotatable bonds is 8. The predicted molar refractivity (Wildman–Crippen MR) is 233 cm³/mol. The molecule has 4 aromatic heterocycles. The molecule has 4 fully saturated rings. The van der Waals surface area contributed by atoms with E-state index in [-0.39, 0.29) is 43.2 Å². The molecule has 368 valence electrons. The summed E-state index contributed by atoms with van der Waals surface area (Å²) in [7, 11) is 0. The molecule has 0 spiro atoms. The van der Waals surface area contributed by atoms with Crippen LogP contribution in [0.25, 0.3) is 22.5 Å². The Morgan fingerprint density at radius 2 is 1.07 bits per heavy atom. The molecule has 6 atom stereocenters. The number of Topliss-reactive ketones (excluding diaryl/α,β-unsaturated/α-hetero) is 1. The van der Waals surface area contributed by atoms with Crippen molar-refractivity contribution >= 4 is 36.3 Å². The lowest BCUT2D eigenvalue weighted by atomic mass is 10.0. The maximum Gasteiger partial charge on any atom is 0.433 e. The fourth-order valence-electron chi connectivity index (χ4n) is 7.78. The average molecular weight is 980 g/mol. The van der Waals surface area contributed by atoms with E-state index in [1.165, 1.54) is 29.7 Å². The van der Waals surface area contributed by atoms with E-state index in [1.54, 1.807) is 58.6 Å². The van der Waals surface area contributed by atoms with Crippen LogP contribution in [-0.4, -0.2) is 104 Å². The Morgan fingerprint density at radius 1 is 0.647 bits per heavy atom. The summed E-state index contributed by atoms with van der Waals surface area (Å²) in [4.78, 5) is 74.4. The van der Waals surface area contributed by atoms with E-state index < -0.39 is 65.2 Å². The van der Waals surface area contributed by atoms with Gasteiger partial charge in [-0.25, -0.2) is 34.3 Å². The smallest absolute Gasteiger partial charge is 0.433 e. The number of fused-ring (bicyclic) bond motifs is 2. The zero-order valence-electron chi connectivity index (χ0n) is 37.9. The number of likely N-dealkylation sites (tertiary alicyclic amines) is 2. The van der Waals surface area contributed by atoms with Crippen LogP contribution in [-0.2, 0) is 44.4 Å². The third-order valence-corrected chi connectivity index (χ3v) is 11.1. The summed E-state index contributed by atoms with van der Waals surface area (Å²) >= 11 is 0. The molecule has 2 saturated carbocycles. The SMILES string of the molecule is CC(C)(C)OC(=O)N1[C@@H]2C[C@@H]2C[C@H]1C(=O)CCc1cc(-c2ccc(C(F)(F)F)nc2)ncn1.CC(C)(C)OC(=O)N1[C@@H]2C[C@@H]2C[C@H]1C(=O)O.Cl.NCc1cc(-c2ccc(C(F)(F)F)nc2)ncn1. The first-order valence-electron chi connectivity index (χ1n) is 21.4. The van der Waals surface area contributed by atoms with E-state index in [0.29, 0.717) is 65.0 Å². The van der Waals surface area contributed by atoms with E-state index in [0.717, 1.165) is 37.4 Å². The van der Waals surface area contributed by atoms with Crippen molar-refractivity contribution in [2.75, 3.05) is 0 Å². The second kappa shape index (κ2) is 20.7. The second-order valence-corrected chi connectivity index (χ2v) is 18.6. The summed E-state index contributed by atoms with van der Waals surface area (Å²) < 4.78 is 85.9. The zero-order valence-corrected chi connectivity index (χ0v) is 38.7. The minimum Gasteiger partial charge on any atom is -0.480 e. The van der Waals surface area contributed by atoms with Gasteiger partial charge in [0.05, 0.1) is 23.1 Å². The zero-order chi connectivity index (χ0) is 49.2. The Balaban J connectivity index is 0.000000208. The monoisotopic (exact) mass is 979 g/mol. The Labute approximate surface area is 393 Å². The number of aromatic nitrogens is 6. The van der Waals surface area contributed by atoms with Gasteiger partial charge in [-0.15, -0.1) is 12.4 Å². The van der Waals surface area contributed by atoms with Crippen LogP contribution in [0.15, 0.2) is 61.4 Å². The van der Waals surface area contributed by atoms with E-state index in [1.807, 2.05) is 0 Å². The van der Waals surface area contributed by atoms with Gasteiger partial charge in [-0.3, -0.25) is 24.6 Å². The van der Waals surface area contributed by atoms with Crippen LogP contribution in [0, 0.1) is 11.8 Å². The van der Waals surface area contributed by atoms with Crippen molar-refractivity contribution in [3.8, 4) is 22.5 Å². The molecule has 4 aliphatic rings. The first-order chi connectivity index (χ1) is 31.2. The molecule has 0 unspecified atom stereocenters. The number of pyridine rings is 2. The van der Waals surface area contributed by atoms with Crippen LogP contribution >= 0.6 is 12.4 Å². The molecule has 0 aromatic carbocycles. The largest absolute Gasteiger partial charge is 0.480 e. The minimum absolute atomic E-state index is 0. The number of nitrogens with zero attached hydrogens (tertiary/aromatic N) is 8. The molecule has 3 N–H and O–H groups in total. The number of hydrogen-bond acceptors (Lipinski definition) is 13. The van der Waals surface area contributed by atoms with E-state index in [4.69, 9.17) is 20.3 Å². The highest BCUT2D eigenvalue weighted by Gasteiger charge is 2.58. The van der Waals surface area contributed by atoms with Crippen molar-refractivity contribution in [3.63, 3.8) is 0 Å². The maximum atomic E-state index is 12.9. The molecule has 4 aromatic rings. The number of nitrogens with two attached hydrogens (primary N) is 1. The number of amides is 2. The van der Waals surface area contributed by atoms with Crippen LogP contribution in [0.2, 0.25) is 0 Å². The first-order valence-corrected chi connectivity index (χ1v) is 21.4. The Morgan fingerprint density at radius 3 is 1.47 bits per heavy atom. The molecular formula is C45H52ClF6N9O7. The number of piperidine rings is 2. The van der Waals surface area contributed by atoms with Crippen molar-refractivity contribution in [2.24, 2.45) is 17.6 Å². The molecule has 6 heterocycles. The highest BCUT2D eigenvalue weighted by Crippen LogP contribution is 2.49. The molecule has 2 aliphatic heterocycles. The number of ketones is 1. The lowest BCUT2D eigenvalue weighted by Gasteiger charge is -2.29. The van der Waals surface area contributed by atoms with Gasteiger partial charge in [-0.05, 0) is 122 Å². The van der Waals surface area contributed by atoms with Gasteiger partial charge in [-0.2, -0.15) is 26.3 Å². The second-order valence-electron chi connectivity index (χ2n) is 18.6. The summed E-state index contributed by atoms with van der Waals surface area (Å²) in [5.74, 6) is -0.264. The lowest BCUT2D eigenvalue weighted by Crippen LogP contribution is -2.45. The molecule has 0 radical (unpaired) electrons. The third kappa shape index (κ3) is 13.8. The van der Waals surface area contributed by atoms with Gasteiger partial charge in [0.2, 0.25) is 0 Å². The van der Waals surface area contributed by atoms with Gasteiger partial charge >= 0.3 is 30.5 Å². The number of ether oxygens (including phenoxy) is 2. The van der Waals surface area contributed by atoms with Gasteiger partial charge in [0, 0.05) is 54.3 Å². The summed E-state index contributed by atoms with van der Waals surface area (Å²) in [6.07, 6.45) is -1.47. The minimum atomic E-state index is -4.51. The van der Waals surface area contributed by atoms with Crippen LogP contribution in [0.1, 0.15) is 96.4 Å². The highest BCUT2D eigenvalue weighted by molar-refractivity contribution is 5.89. The number of carboxylic acid groups (broad SMARTS) is 1. The van der Waals surface area contributed by atoms with Crippen LogP contribution in [0.3, 0.4) is 0 Å². The summed E-state index contributed by atoms with van der Waals surface area (Å²) in [6.45, 7) is 11.0. The average Bonchev–Trinajstić information content (AvgIpc) is 4.13. The van der Waals surface area contributed by atoms with Gasteiger partial charge < -0.3 is 20.3 Å². The molecular weight excluding hydrogens is 928 g/mol. The number of halogens is 7. The fourth-order valence-corrected chi connectivity index (χ4v) is 7.78. The van der Waals surface area contributed by atoms with Crippen molar-refractivity contribution in [3.05, 3.63) is 84.2 Å². The number of alkyl halides is 6. The molecule has 16 nitrogen and oxygen atoms in total. The number of carbonyl (C=O) groups is 4. The highest BCUT2D eigenvalue weighted by atomic mass is 35.5. The number of aliphatic carboxylic acids is 1. The quantitative estimate of drug-likeness (QED) is 0.159. The van der Waals surface area contributed by atoms with Crippen molar-refractivity contribution in [1.29, 1.82) is 0 Å². The van der Waals surface area contributed by atoms with Gasteiger partial charge in [-0.1, -0.05) is 0 Å². The predicted octanol–water partition coefficient (Wildman–Crippen LogP) is 8.36. The van der Waals surface area contributed by atoms with Gasteiger partial charge in [0.25, 0.3) is 0 Å². The summed E-state index contributed by atoms with van der Waals surface area (Å²) in [5, 5.41) is 9.02. The molecule has 2 amide bonds. The van der Waals surface area contributed by atoms with E-state index >= 15 is 0 Å². The van der Waals surface area contributed by atoms with E-state index in [2.05, 4.69) is 29.9 Å². The number of aryl methyl sites for hydroxylation is 1. The number of carbonyl (C=O) groups excluding carboxylic acids is 3. The summed E-state index contributed by atoms with van der Waals surface area (Å²) in [5.41, 5.74) is 5.32. The molecule has 8 rings (SSSR count). The van der Waals surface area contributed by atoms with Crippen LogP contribution in [0.5, 0.6) is 0 Å². The topological polar surface area (TPSA) is 217 Å². The Bertz CT molecular complexity index is 2430. The van der Waals surface area contributed by atoms with Crippen molar-refractivity contribution in [2.45, 2.75) is 134 Å². The molecule has 0 bridgehead atoms. The van der Waals surface area contributed by atoms with Crippen molar-refractivity contribution in [1.82, 2.24) is 39.7 Å². The van der Waals surface area contributed by atoms with Crippen molar-refractivity contribution < 1.29 is 60.1 Å². The maximum absolute atomic E-state index is 12.9. The lowest BCUT2D eigenvalue weighted by molar-refractivity contribution is -0.143. The summed E-state index contributed by atoms with van der Waals surface area (Å²) in [6, 6.07) is 6.66. The normalized spacial score (nSPS) is 21.4. The van der Waals surface area contributed by atoms with Gasteiger partial charge in [0.1, 0.15) is 41.3 Å². The molecule has 2 aliphatic carbocycles. The van der Waals surface area contributed by atoms with E-state index in [9.17, 15) is 45.5 Å². The molecule has 23 heteroatoms. The Kier molecular flexibility index (Phi) is 16.1. The van der Waals surface area contributed by atoms with Crippen LogP contribution < -0.4 is 5.73 Å². The molecule has 2 saturated heterocycles.